The lowest BCUT2D eigenvalue weighted by atomic mass is 10.1. The summed E-state index contributed by atoms with van der Waals surface area (Å²) in [6, 6.07) is 13.1. The molecule has 31 heavy (non-hydrogen) atoms. The molecule has 1 aromatic carbocycles. The molecule has 1 saturated heterocycles. The van der Waals surface area contributed by atoms with Crippen LogP contribution in [0.3, 0.4) is 0 Å². The molecule has 0 saturated carbocycles. The van der Waals surface area contributed by atoms with E-state index in [1.54, 1.807) is 41.4 Å². The van der Waals surface area contributed by atoms with E-state index in [2.05, 4.69) is 15.5 Å². The van der Waals surface area contributed by atoms with Gasteiger partial charge in [-0.3, -0.25) is 9.59 Å². The molecule has 8 heteroatoms. The van der Waals surface area contributed by atoms with E-state index in [-0.39, 0.29) is 11.8 Å². The Bertz CT molecular complexity index is 1310. The molecule has 156 valence electrons. The maximum atomic E-state index is 13.2. The van der Waals surface area contributed by atoms with Gasteiger partial charge in [-0.25, -0.2) is 4.98 Å². The van der Waals surface area contributed by atoms with E-state index in [9.17, 15) is 9.59 Å². The molecule has 0 aliphatic carbocycles. The van der Waals surface area contributed by atoms with Gasteiger partial charge in [0.15, 0.2) is 0 Å². The van der Waals surface area contributed by atoms with Crippen LogP contribution in [0, 0.1) is 13.8 Å². The molecule has 4 aromatic rings. The largest absolute Gasteiger partial charge is 0.335 e. The Balaban J connectivity index is 1.46. The molecule has 1 N–H and O–H groups in total. The van der Waals surface area contributed by atoms with Crippen LogP contribution in [0.5, 0.6) is 0 Å². The number of hydrogen-bond donors (Lipinski definition) is 1. The Kier molecular flexibility index (Phi) is 4.78. The maximum Gasteiger partial charge on any atom is 0.259 e. The van der Waals surface area contributed by atoms with Crippen LogP contribution in [0.25, 0.3) is 21.7 Å². The molecule has 1 aliphatic rings. The first-order chi connectivity index (χ1) is 15.0. The number of hydrogen-bond acceptors (Lipinski definition) is 6. The summed E-state index contributed by atoms with van der Waals surface area (Å²) in [5.74, 6) is -0.131. The fourth-order valence-corrected chi connectivity index (χ4v) is 4.64. The van der Waals surface area contributed by atoms with Crippen LogP contribution in [0.2, 0.25) is 0 Å². The standard InChI is InChI=1S/C23H20N4O3S/c1-13-5-10-19(31-13)18-12-17(21-14(2)26-30-23(21)25-18)22(29)24-15-6-8-16(9-7-15)27-11-3-4-20(27)28/h5-10,12H,3-4,11H2,1-2H3,(H,24,29). The van der Waals surface area contributed by atoms with Crippen LogP contribution >= 0.6 is 11.3 Å². The Morgan fingerprint density at radius 2 is 1.97 bits per heavy atom. The minimum absolute atomic E-state index is 0.134. The minimum Gasteiger partial charge on any atom is -0.335 e. The van der Waals surface area contributed by atoms with Crippen molar-refractivity contribution in [3.05, 3.63) is 58.6 Å². The third-order valence-corrected chi connectivity index (χ3v) is 6.39. The number of amides is 2. The Morgan fingerprint density at radius 1 is 1.16 bits per heavy atom. The summed E-state index contributed by atoms with van der Waals surface area (Å²) in [6.45, 7) is 4.55. The van der Waals surface area contributed by atoms with Crippen LogP contribution in [0.4, 0.5) is 11.4 Å². The zero-order valence-electron chi connectivity index (χ0n) is 17.1. The van der Waals surface area contributed by atoms with Crippen LogP contribution in [0.15, 0.2) is 47.0 Å². The summed E-state index contributed by atoms with van der Waals surface area (Å²) >= 11 is 1.61. The van der Waals surface area contributed by atoms with Gasteiger partial charge in [-0.15, -0.1) is 11.3 Å². The van der Waals surface area contributed by atoms with Crippen molar-refractivity contribution >= 4 is 45.6 Å². The Hall–Kier alpha value is -3.52. The lowest BCUT2D eigenvalue weighted by Gasteiger charge is -2.16. The highest BCUT2D eigenvalue weighted by molar-refractivity contribution is 7.15. The highest BCUT2D eigenvalue weighted by Crippen LogP contribution is 2.31. The van der Waals surface area contributed by atoms with Gasteiger partial charge in [0.2, 0.25) is 5.91 Å². The normalized spacial score (nSPS) is 13.9. The summed E-state index contributed by atoms with van der Waals surface area (Å²) in [7, 11) is 0. The minimum atomic E-state index is -0.266. The number of nitrogens with zero attached hydrogens (tertiary/aromatic N) is 3. The molecule has 2 amide bonds. The molecule has 0 unspecified atom stereocenters. The van der Waals surface area contributed by atoms with Gasteiger partial charge >= 0.3 is 0 Å². The molecule has 5 rings (SSSR count). The second-order valence-electron chi connectivity index (χ2n) is 7.56. The van der Waals surface area contributed by atoms with Gasteiger partial charge < -0.3 is 14.7 Å². The van der Waals surface area contributed by atoms with E-state index < -0.39 is 0 Å². The highest BCUT2D eigenvalue weighted by atomic mass is 32.1. The SMILES string of the molecule is Cc1ccc(-c2cc(C(=O)Nc3ccc(N4CCCC4=O)cc3)c3c(C)noc3n2)s1. The lowest BCUT2D eigenvalue weighted by Crippen LogP contribution is -2.23. The molecular weight excluding hydrogens is 412 g/mol. The first-order valence-electron chi connectivity index (χ1n) is 10.1. The summed E-state index contributed by atoms with van der Waals surface area (Å²) in [5, 5.41) is 7.55. The van der Waals surface area contributed by atoms with Gasteiger partial charge in [0, 0.05) is 29.2 Å². The third kappa shape index (κ3) is 3.59. The summed E-state index contributed by atoms with van der Waals surface area (Å²) in [6.07, 6.45) is 1.46. The first-order valence-corrected chi connectivity index (χ1v) is 10.9. The van der Waals surface area contributed by atoms with Gasteiger partial charge in [0.1, 0.15) is 0 Å². The molecule has 7 nitrogen and oxygen atoms in total. The monoisotopic (exact) mass is 432 g/mol. The molecule has 0 spiro atoms. The number of aromatic nitrogens is 2. The van der Waals surface area contributed by atoms with Crippen molar-refractivity contribution in [2.75, 3.05) is 16.8 Å². The Morgan fingerprint density at radius 3 is 2.65 bits per heavy atom. The zero-order valence-corrected chi connectivity index (χ0v) is 18.0. The van der Waals surface area contributed by atoms with Crippen molar-refractivity contribution in [2.45, 2.75) is 26.7 Å². The van der Waals surface area contributed by atoms with Gasteiger partial charge in [-0.2, -0.15) is 0 Å². The van der Waals surface area contributed by atoms with E-state index in [1.165, 1.54) is 0 Å². The number of fused-ring (bicyclic) bond motifs is 1. The lowest BCUT2D eigenvalue weighted by molar-refractivity contribution is -0.117. The van der Waals surface area contributed by atoms with Crippen molar-refractivity contribution in [1.82, 2.24) is 10.1 Å². The maximum absolute atomic E-state index is 13.2. The predicted molar refractivity (Wildman–Crippen MR) is 121 cm³/mol. The quantitative estimate of drug-likeness (QED) is 0.493. The van der Waals surface area contributed by atoms with Crippen molar-refractivity contribution in [2.24, 2.45) is 0 Å². The number of carbonyl (C=O) groups excluding carboxylic acids is 2. The first kappa shape index (κ1) is 19.4. The van der Waals surface area contributed by atoms with Crippen molar-refractivity contribution < 1.29 is 14.1 Å². The number of nitrogens with one attached hydrogen (secondary N) is 1. The number of carbonyl (C=O) groups is 2. The van der Waals surface area contributed by atoms with Gasteiger partial charge in [-0.05, 0) is 62.7 Å². The number of thiophene rings is 1. The summed E-state index contributed by atoms with van der Waals surface area (Å²) in [5.41, 5.74) is 3.59. The number of anilines is 2. The molecule has 1 aliphatic heterocycles. The van der Waals surface area contributed by atoms with E-state index >= 15 is 0 Å². The van der Waals surface area contributed by atoms with Crippen molar-refractivity contribution in [3.63, 3.8) is 0 Å². The highest BCUT2D eigenvalue weighted by Gasteiger charge is 2.22. The molecule has 0 radical (unpaired) electrons. The second kappa shape index (κ2) is 7.63. The Labute approximate surface area is 182 Å². The molecule has 0 atom stereocenters. The fraction of sp³-hybridized carbons (Fsp3) is 0.217. The average Bonchev–Trinajstić information content (AvgIpc) is 3.48. The zero-order chi connectivity index (χ0) is 21.5. The number of pyridine rings is 1. The van der Waals surface area contributed by atoms with Crippen LogP contribution in [0.1, 0.15) is 33.8 Å². The summed E-state index contributed by atoms with van der Waals surface area (Å²) < 4.78 is 5.37. The van der Waals surface area contributed by atoms with E-state index in [4.69, 9.17) is 4.52 Å². The van der Waals surface area contributed by atoms with E-state index in [0.717, 1.165) is 28.4 Å². The summed E-state index contributed by atoms with van der Waals surface area (Å²) in [4.78, 5) is 33.6. The van der Waals surface area contributed by atoms with Crippen molar-refractivity contribution in [1.29, 1.82) is 0 Å². The van der Waals surface area contributed by atoms with Crippen LogP contribution in [-0.2, 0) is 4.79 Å². The van der Waals surface area contributed by atoms with Crippen molar-refractivity contribution in [3.8, 4) is 10.6 Å². The molecule has 3 aromatic heterocycles. The number of benzene rings is 1. The van der Waals surface area contributed by atoms with Gasteiger partial charge in [0.25, 0.3) is 11.6 Å². The van der Waals surface area contributed by atoms with Gasteiger partial charge in [-0.1, -0.05) is 5.16 Å². The van der Waals surface area contributed by atoms with Crippen LogP contribution in [-0.4, -0.2) is 28.5 Å². The molecular formula is C23H20N4O3S. The second-order valence-corrected chi connectivity index (χ2v) is 8.85. The van der Waals surface area contributed by atoms with Crippen LogP contribution < -0.4 is 10.2 Å². The predicted octanol–water partition coefficient (Wildman–Crippen LogP) is 4.95. The number of rotatable bonds is 4. The third-order valence-electron chi connectivity index (χ3n) is 5.36. The molecule has 0 bridgehead atoms. The molecule has 4 heterocycles. The van der Waals surface area contributed by atoms with Gasteiger partial charge in [0.05, 0.1) is 27.2 Å². The topological polar surface area (TPSA) is 88.3 Å². The average molecular weight is 433 g/mol. The molecule has 1 fully saturated rings. The smallest absolute Gasteiger partial charge is 0.259 e. The van der Waals surface area contributed by atoms with E-state index in [1.807, 2.05) is 31.2 Å². The number of aryl methyl sites for hydroxylation is 2. The van der Waals surface area contributed by atoms with E-state index in [0.29, 0.717) is 40.2 Å². The fourth-order valence-electron chi connectivity index (χ4n) is 3.82.